The van der Waals surface area contributed by atoms with E-state index in [0.29, 0.717) is 37.5 Å². The van der Waals surface area contributed by atoms with Gasteiger partial charge in [0.25, 0.3) is 5.91 Å². The number of carbonyl (C=O) groups is 1. The van der Waals surface area contributed by atoms with Crippen LogP contribution in [0.25, 0.3) is 0 Å². The Labute approximate surface area is 207 Å². The number of aromatic nitrogens is 2. The summed E-state index contributed by atoms with van der Waals surface area (Å²) in [4.78, 5) is 17.4. The highest BCUT2D eigenvalue weighted by Crippen LogP contribution is 2.44. The minimum absolute atomic E-state index is 0.112. The number of carbonyl (C=O) groups excluding carboxylic acids is 1. The van der Waals surface area contributed by atoms with E-state index >= 15 is 0 Å². The third-order valence-corrected chi connectivity index (χ3v) is 6.90. The maximum atomic E-state index is 14.0. The Morgan fingerprint density at radius 1 is 1.06 bits per heavy atom. The minimum atomic E-state index is -4.50. The average molecular weight is 500 g/mol. The van der Waals surface area contributed by atoms with Crippen LogP contribution < -0.4 is 10.1 Å². The highest BCUT2D eigenvalue weighted by Gasteiger charge is 2.47. The standard InChI is InChI=1S/C26H28F3N5O2/c1-36-20-9-7-19(8-10-20)22-15-23(26(27,28)29)34-24(31-22)21(16-30-34)25(35)33-13-11-32(12-14-33)17-18-5-3-2-4-6-18/h2-10,16,22-23,31H,11-15,17H2,1H3/t22-,23+/m1/s1. The van der Waals surface area contributed by atoms with Gasteiger partial charge in [-0.25, -0.2) is 4.68 Å². The van der Waals surface area contributed by atoms with Gasteiger partial charge >= 0.3 is 6.18 Å². The molecule has 0 spiro atoms. The van der Waals surface area contributed by atoms with E-state index in [4.69, 9.17) is 4.74 Å². The zero-order chi connectivity index (χ0) is 25.3. The first-order chi connectivity index (χ1) is 17.3. The van der Waals surface area contributed by atoms with E-state index < -0.39 is 18.3 Å². The van der Waals surface area contributed by atoms with Crippen LogP contribution in [0, 0.1) is 0 Å². The first kappa shape index (κ1) is 24.2. The first-order valence-electron chi connectivity index (χ1n) is 11.9. The lowest BCUT2D eigenvalue weighted by atomic mass is 9.96. The van der Waals surface area contributed by atoms with E-state index in [1.54, 1.807) is 29.2 Å². The summed E-state index contributed by atoms with van der Waals surface area (Å²) >= 11 is 0. The van der Waals surface area contributed by atoms with Gasteiger partial charge in [-0.3, -0.25) is 9.69 Å². The average Bonchev–Trinajstić information content (AvgIpc) is 3.32. The summed E-state index contributed by atoms with van der Waals surface area (Å²) < 4.78 is 48.1. The summed E-state index contributed by atoms with van der Waals surface area (Å²) in [6.07, 6.45) is -3.47. The molecule has 3 heterocycles. The molecule has 7 nitrogen and oxygen atoms in total. The number of rotatable bonds is 5. The molecule has 36 heavy (non-hydrogen) atoms. The van der Waals surface area contributed by atoms with Gasteiger partial charge in [-0.2, -0.15) is 18.3 Å². The fraction of sp³-hybridized carbons (Fsp3) is 0.385. The topological polar surface area (TPSA) is 62.6 Å². The van der Waals surface area contributed by atoms with Crippen LogP contribution in [0.2, 0.25) is 0 Å². The van der Waals surface area contributed by atoms with E-state index in [2.05, 4.69) is 27.4 Å². The van der Waals surface area contributed by atoms with Crippen molar-refractivity contribution in [2.75, 3.05) is 38.6 Å². The molecule has 2 aromatic carbocycles. The van der Waals surface area contributed by atoms with Crippen molar-refractivity contribution in [3.8, 4) is 5.75 Å². The van der Waals surface area contributed by atoms with Gasteiger partial charge in [-0.15, -0.1) is 0 Å². The predicted octanol–water partition coefficient (Wildman–Crippen LogP) is 4.51. The zero-order valence-corrected chi connectivity index (χ0v) is 19.9. The van der Waals surface area contributed by atoms with Gasteiger partial charge in [-0.05, 0) is 23.3 Å². The summed E-state index contributed by atoms with van der Waals surface area (Å²) in [5.74, 6) is 0.426. The summed E-state index contributed by atoms with van der Waals surface area (Å²) in [7, 11) is 1.53. The number of hydrogen-bond donors (Lipinski definition) is 1. The number of amides is 1. The second-order valence-electron chi connectivity index (χ2n) is 9.17. The Kier molecular flexibility index (Phi) is 6.61. The van der Waals surface area contributed by atoms with Crippen molar-refractivity contribution in [3.05, 3.63) is 77.5 Å². The number of benzene rings is 2. The third kappa shape index (κ3) is 4.90. The predicted molar refractivity (Wildman–Crippen MR) is 129 cm³/mol. The zero-order valence-electron chi connectivity index (χ0n) is 19.9. The lowest BCUT2D eigenvalue weighted by Gasteiger charge is -2.36. The minimum Gasteiger partial charge on any atom is -0.497 e. The van der Waals surface area contributed by atoms with Crippen molar-refractivity contribution in [3.63, 3.8) is 0 Å². The first-order valence-corrected chi connectivity index (χ1v) is 11.9. The fourth-order valence-corrected chi connectivity index (χ4v) is 4.89. The number of hydrogen-bond acceptors (Lipinski definition) is 5. The highest BCUT2D eigenvalue weighted by molar-refractivity contribution is 5.99. The monoisotopic (exact) mass is 499 g/mol. The smallest absolute Gasteiger partial charge is 0.410 e. The molecule has 5 rings (SSSR count). The number of ether oxygens (including phenoxy) is 1. The molecule has 0 unspecified atom stereocenters. The maximum Gasteiger partial charge on any atom is 0.410 e. The molecule has 0 radical (unpaired) electrons. The highest BCUT2D eigenvalue weighted by atomic mass is 19.4. The molecule has 3 aromatic rings. The molecule has 1 N–H and O–H groups in total. The normalized spacial score (nSPS) is 20.5. The number of nitrogens with one attached hydrogen (secondary N) is 1. The Morgan fingerprint density at radius 2 is 1.75 bits per heavy atom. The van der Waals surface area contributed by atoms with Crippen molar-refractivity contribution in [1.29, 1.82) is 0 Å². The number of fused-ring (bicyclic) bond motifs is 1. The Hall–Kier alpha value is -3.53. The van der Waals surface area contributed by atoms with Crippen molar-refractivity contribution in [1.82, 2.24) is 19.6 Å². The molecule has 0 aliphatic carbocycles. The van der Waals surface area contributed by atoms with Crippen LogP contribution in [-0.4, -0.2) is 65.0 Å². The molecule has 0 saturated carbocycles. The van der Waals surface area contributed by atoms with Crippen LogP contribution in [0.5, 0.6) is 5.75 Å². The van der Waals surface area contributed by atoms with Crippen molar-refractivity contribution < 1.29 is 22.7 Å². The molecule has 10 heteroatoms. The lowest BCUT2D eigenvalue weighted by Crippen LogP contribution is -2.48. The van der Waals surface area contributed by atoms with Gasteiger partial charge in [0.1, 0.15) is 17.1 Å². The summed E-state index contributed by atoms with van der Waals surface area (Å²) in [6, 6.07) is 14.6. The largest absolute Gasteiger partial charge is 0.497 e. The molecular weight excluding hydrogens is 471 g/mol. The molecule has 1 amide bonds. The molecule has 2 aliphatic heterocycles. The molecule has 1 aromatic heterocycles. The number of piperazine rings is 1. The van der Waals surface area contributed by atoms with Crippen LogP contribution in [-0.2, 0) is 6.54 Å². The van der Waals surface area contributed by atoms with Gasteiger partial charge in [-0.1, -0.05) is 42.5 Å². The number of alkyl halides is 3. The Bertz CT molecular complexity index is 1190. The molecule has 1 fully saturated rings. The van der Waals surface area contributed by atoms with Gasteiger partial charge in [0.15, 0.2) is 6.04 Å². The van der Waals surface area contributed by atoms with Crippen LogP contribution in [0.1, 0.15) is 40.0 Å². The maximum absolute atomic E-state index is 14.0. The van der Waals surface area contributed by atoms with E-state index in [0.717, 1.165) is 11.2 Å². The van der Waals surface area contributed by atoms with Gasteiger partial charge < -0.3 is 15.0 Å². The van der Waals surface area contributed by atoms with E-state index in [1.807, 2.05) is 18.2 Å². The molecule has 2 aliphatic rings. The quantitative estimate of drug-likeness (QED) is 0.560. The van der Waals surface area contributed by atoms with E-state index in [9.17, 15) is 18.0 Å². The van der Waals surface area contributed by atoms with Crippen molar-refractivity contribution in [2.45, 2.75) is 31.2 Å². The second-order valence-corrected chi connectivity index (χ2v) is 9.17. The molecule has 1 saturated heterocycles. The summed E-state index contributed by atoms with van der Waals surface area (Å²) in [5, 5.41) is 7.17. The van der Waals surface area contributed by atoms with E-state index in [-0.39, 0.29) is 23.7 Å². The molecule has 0 bridgehead atoms. The van der Waals surface area contributed by atoms with Gasteiger partial charge in [0.2, 0.25) is 0 Å². The van der Waals surface area contributed by atoms with Crippen molar-refractivity contribution >= 4 is 11.7 Å². The van der Waals surface area contributed by atoms with Crippen LogP contribution in [0.4, 0.5) is 19.0 Å². The molecular formula is C26H28F3N5O2. The van der Waals surface area contributed by atoms with Crippen LogP contribution >= 0.6 is 0 Å². The van der Waals surface area contributed by atoms with Crippen LogP contribution in [0.15, 0.2) is 60.8 Å². The number of halogens is 3. The number of methoxy groups -OCH3 is 1. The third-order valence-electron chi connectivity index (χ3n) is 6.90. The lowest BCUT2D eigenvalue weighted by molar-refractivity contribution is -0.173. The Morgan fingerprint density at radius 3 is 2.39 bits per heavy atom. The van der Waals surface area contributed by atoms with Gasteiger partial charge in [0, 0.05) is 39.1 Å². The van der Waals surface area contributed by atoms with Crippen LogP contribution in [0.3, 0.4) is 0 Å². The Balaban J connectivity index is 1.34. The second kappa shape index (κ2) is 9.85. The molecule has 190 valence electrons. The number of nitrogens with zero attached hydrogens (tertiary/aromatic N) is 4. The van der Waals surface area contributed by atoms with E-state index in [1.165, 1.54) is 18.9 Å². The van der Waals surface area contributed by atoms with Gasteiger partial charge in [0.05, 0.1) is 19.3 Å². The number of anilines is 1. The van der Waals surface area contributed by atoms with Crippen molar-refractivity contribution in [2.24, 2.45) is 0 Å². The summed E-state index contributed by atoms with van der Waals surface area (Å²) in [6.45, 7) is 3.18. The molecule has 2 atom stereocenters. The summed E-state index contributed by atoms with van der Waals surface area (Å²) in [5.41, 5.74) is 2.05. The fourth-order valence-electron chi connectivity index (χ4n) is 4.89. The SMILES string of the molecule is COc1ccc([C@H]2C[C@@H](C(F)(F)F)n3ncc(C(=O)N4CCN(Cc5ccccc5)CC4)c3N2)cc1.